The Kier molecular flexibility index (Phi) is 6.94. The first-order chi connectivity index (χ1) is 13.3. The van der Waals surface area contributed by atoms with Crippen molar-refractivity contribution in [2.24, 2.45) is 0 Å². The smallest absolute Gasteiger partial charge is 0.343 e. The summed E-state index contributed by atoms with van der Waals surface area (Å²) in [6.07, 6.45) is 1.52. The van der Waals surface area contributed by atoms with Crippen LogP contribution in [0.15, 0.2) is 42.0 Å². The largest absolute Gasteiger partial charge is 0.481 e. The van der Waals surface area contributed by atoms with Gasteiger partial charge in [0.25, 0.3) is 5.91 Å². The van der Waals surface area contributed by atoms with E-state index < -0.39 is 11.9 Å². The molecule has 2 aromatic carbocycles. The Bertz CT molecular complexity index is 948. The molecule has 0 aliphatic carbocycles. The van der Waals surface area contributed by atoms with Gasteiger partial charge in [-0.3, -0.25) is 4.79 Å². The van der Waals surface area contributed by atoms with E-state index in [4.69, 9.17) is 4.74 Å². The van der Waals surface area contributed by atoms with Crippen LogP contribution >= 0.6 is 0 Å². The fourth-order valence-electron chi connectivity index (χ4n) is 2.72. The van der Waals surface area contributed by atoms with Gasteiger partial charge in [0.15, 0.2) is 6.61 Å². The molecule has 0 saturated heterocycles. The average molecular weight is 378 g/mol. The Morgan fingerprint density at radius 3 is 2.39 bits per heavy atom. The third-order valence-corrected chi connectivity index (χ3v) is 4.00. The highest BCUT2D eigenvalue weighted by atomic mass is 16.6. The number of amides is 1. The van der Waals surface area contributed by atoms with Gasteiger partial charge in [0.2, 0.25) is 0 Å². The van der Waals surface area contributed by atoms with Gasteiger partial charge in [0.05, 0.1) is 7.11 Å². The summed E-state index contributed by atoms with van der Waals surface area (Å²) in [5.74, 6) is -0.373. The van der Waals surface area contributed by atoms with Crippen molar-refractivity contribution in [2.75, 3.05) is 19.0 Å². The number of carbonyl (C=O) groups excluding carboxylic acids is 2. The topological polar surface area (TPSA) is 88.4 Å². The molecule has 0 radical (unpaired) electrons. The maximum Gasteiger partial charge on any atom is 0.343 e. The molecule has 0 aliphatic heterocycles. The fraction of sp³-hybridized carbons (Fsp3) is 0.227. The van der Waals surface area contributed by atoms with Crippen molar-refractivity contribution >= 4 is 23.6 Å². The fourth-order valence-corrected chi connectivity index (χ4v) is 2.72. The molecule has 28 heavy (non-hydrogen) atoms. The van der Waals surface area contributed by atoms with Gasteiger partial charge >= 0.3 is 5.97 Å². The van der Waals surface area contributed by atoms with E-state index in [1.807, 2.05) is 45.0 Å². The zero-order valence-electron chi connectivity index (χ0n) is 16.3. The van der Waals surface area contributed by atoms with Gasteiger partial charge in [-0.25, -0.2) is 4.79 Å². The number of esters is 1. The van der Waals surface area contributed by atoms with Crippen LogP contribution < -0.4 is 10.1 Å². The standard InChI is InChI=1S/C22H22N2O4/c1-14-6-5-7-19(8-14)24-22(26)18(12-23)11-17-9-15(2)21(16(3)10-17)28-13-20(25)27-4/h5-11H,13H2,1-4H3,(H,24,26)/b18-11-. The van der Waals surface area contributed by atoms with E-state index in [0.717, 1.165) is 16.7 Å². The number of rotatable bonds is 6. The first-order valence-electron chi connectivity index (χ1n) is 8.64. The van der Waals surface area contributed by atoms with Crippen molar-refractivity contribution in [3.63, 3.8) is 0 Å². The Hall–Kier alpha value is -3.59. The van der Waals surface area contributed by atoms with E-state index in [2.05, 4.69) is 10.1 Å². The predicted octanol–water partition coefficient (Wildman–Crippen LogP) is 3.71. The number of aryl methyl sites for hydroxylation is 3. The molecular weight excluding hydrogens is 356 g/mol. The van der Waals surface area contributed by atoms with Crippen LogP contribution in [0.25, 0.3) is 6.08 Å². The van der Waals surface area contributed by atoms with Crippen LogP contribution in [-0.4, -0.2) is 25.6 Å². The van der Waals surface area contributed by atoms with Gasteiger partial charge in [-0.1, -0.05) is 12.1 Å². The van der Waals surface area contributed by atoms with Crippen molar-refractivity contribution < 1.29 is 19.1 Å². The number of nitriles is 1. The Labute approximate surface area is 164 Å². The summed E-state index contributed by atoms with van der Waals surface area (Å²) in [7, 11) is 1.30. The number of methoxy groups -OCH3 is 1. The lowest BCUT2D eigenvalue weighted by molar-refractivity contribution is -0.142. The molecular formula is C22H22N2O4. The monoisotopic (exact) mass is 378 g/mol. The molecule has 144 valence electrons. The van der Waals surface area contributed by atoms with Crippen molar-refractivity contribution in [1.82, 2.24) is 0 Å². The third kappa shape index (κ3) is 5.45. The number of ether oxygens (including phenoxy) is 2. The van der Waals surface area contributed by atoms with Gasteiger partial charge in [-0.05, 0) is 73.4 Å². The average Bonchev–Trinajstić information content (AvgIpc) is 2.65. The zero-order chi connectivity index (χ0) is 20.7. The number of carbonyl (C=O) groups is 2. The van der Waals surface area contributed by atoms with Gasteiger partial charge in [-0.2, -0.15) is 5.26 Å². The summed E-state index contributed by atoms with van der Waals surface area (Å²) >= 11 is 0. The maximum absolute atomic E-state index is 12.4. The number of nitrogens with one attached hydrogen (secondary N) is 1. The van der Waals surface area contributed by atoms with Crippen LogP contribution in [0.1, 0.15) is 22.3 Å². The van der Waals surface area contributed by atoms with E-state index >= 15 is 0 Å². The summed E-state index contributed by atoms with van der Waals surface area (Å²) in [6, 6.07) is 12.9. The summed E-state index contributed by atoms with van der Waals surface area (Å²) in [4.78, 5) is 23.7. The highest BCUT2D eigenvalue weighted by Gasteiger charge is 2.12. The zero-order valence-corrected chi connectivity index (χ0v) is 16.3. The lowest BCUT2D eigenvalue weighted by atomic mass is 10.0. The van der Waals surface area contributed by atoms with E-state index in [1.165, 1.54) is 13.2 Å². The number of benzene rings is 2. The second kappa shape index (κ2) is 9.38. The van der Waals surface area contributed by atoms with Crippen LogP contribution in [0.2, 0.25) is 0 Å². The molecule has 2 aromatic rings. The van der Waals surface area contributed by atoms with E-state index in [-0.39, 0.29) is 12.2 Å². The molecule has 0 heterocycles. The summed E-state index contributed by atoms with van der Waals surface area (Å²) < 4.78 is 10.1. The second-order valence-electron chi connectivity index (χ2n) is 6.34. The first kappa shape index (κ1) is 20.7. The predicted molar refractivity (Wildman–Crippen MR) is 107 cm³/mol. The molecule has 0 spiro atoms. The molecule has 0 saturated carbocycles. The maximum atomic E-state index is 12.4. The van der Waals surface area contributed by atoms with Gasteiger partial charge in [0.1, 0.15) is 17.4 Å². The molecule has 1 amide bonds. The van der Waals surface area contributed by atoms with Crippen LogP contribution in [0.5, 0.6) is 5.75 Å². The molecule has 1 N–H and O–H groups in total. The Balaban J connectivity index is 2.22. The van der Waals surface area contributed by atoms with Crippen LogP contribution in [-0.2, 0) is 14.3 Å². The second-order valence-corrected chi connectivity index (χ2v) is 6.34. The molecule has 0 fully saturated rings. The Morgan fingerprint density at radius 1 is 1.14 bits per heavy atom. The molecule has 6 heteroatoms. The van der Waals surface area contributed by atoms with Gasteiger partial charge < -0.3 is 14.8 Å². The number of anilines is 1. The lowest BCUT2D eigenvalue weighted by Crippen LogP contribution is -2.14. The van der Waals surface area contributed by atoms with Crippen molar-refractivity contribution in [2.45, 2.75) is 20.8 Å². The van der Waals surface area contributed by atoms with Crippen LogP contribution in [0.4, 0.5) is 5.69 Å². The van der Waals surface area contributed by atoms with Crippen molar-refractivity contribution in [3.8, 4) is 11.8 Å². The minimum atomic E-state index is -0.477. The quantitative estimate of drug-likeness (QED) is 0.470. The number of hydrogen-bond acceptors (Lipinski definition) is 5. The highest BCUT2D eigenvalue weighted by Crippen LogP contribution is 2.26. The molecule has 2 rings (SSSR count). The van der Waals surface area contributed by atoms with E-state index in [0.29, 0.717) is 17.0 Å². The molecule has 0 bridgehead atoms. The molecule has 0 unspecified atom stereocenters. The lowest BCUT2D eigenvalue weighted by Gasteiger charge is -2.12. The third-order valence-electron chi connectivity index (χ3n) is 4.00. The number of nitrogens with zero attached hydrogens (tertiary/aromatic N) is 1. The van der Waals surface area contributed by atoms with Crippen LogP contribution in [0, 0.1) is 32.1 Å². The van der Waals surface area contributed by atoms with Gasteiger partial charge in [0, 0.05) is 5.69 Å². The van der Waals surface area contributed by atoms with Crippen molar-refractivity contribution in [1.29, 1.82) is 5.26 Å². The minimum absolute atomic E-state index is 0.0106. The Morgan fingerprint density at radius 2 is 1.82 bits per heavy atom. The number of hydrogen-bond donors (Lipinski definition) is 1. The molecule has 0 atom stereocenters. The molecule has 6 nitrogen and oxygen atoms in total. The summed E-state index contributed by atoms with van der Waals surface area (Å²) in [5, 5.41) is 12.1. The molecule has 0 aliphatic rings. The van der Waals surface area contributed by atoms with E-state index in [1.54, 1.807) is 18.2 Å². The van der Waals surface area contributed by atoms with Crippen molar-refractivity contribution in [3.05, 3.63) is 64.2 Å². The molecule has 0 aromatic heterocycles. The SMILES string of the molecule is COC(=O)COc1c(C)cc(/C=C(/C#N)C(=O)Nc2cccc(C)c2)cc1C. The van der Waals surface area contributed by atoms with E-state index in [9.17, 15) is 14.9 Å². The highest BCUT2D eigenvalue weighted by molar-refractivity contribution is 6.09. The minimum Gasteiger partial charge on any atom is -0.481 e. The van der Waals surface area contributed by atoms with Gasteiger partial charge in [-0.15, -0.1) is 0 Å². The summed E-state index contributed by atoms with van der Waals surface area (Å²) in [6.45, 7) is 5.40. The normalized spacial score (nSPS) is 10.8. The van der Waals surface area contributed by atoms with Crippen LogP contribution in [0.3, 0.4) is 0 Å². The first-order valence-corrected chi connectivity index (χ1v) is 8.64. The summed E-state index contributed by atoms with van der Waals surface area (Å²) in [5.41, 5.74) is 3.89.